The summed E-state index contributed by atoms with van der Waals surface area (Å²) in [7, 11) is 1.45. The van der Waals surface area contributed by atoms with Crippen LogP contribution in [0, 0.1) is 0 Å². The predicted octanol–water partition coefficient (Wildman–Crippen LogP) is 2.66. The molecule has 0 atom stereocenters. The zero-order chi connectivity index (χ0) is 12.6. The molecule has 0 unspecified atom stereocenters. The van der Waals surface area contributed by atoms with Gasteiger partial charge in [0.25, 0.3) is 0 Å². The zero-order valence-corrected chi connectivity index (χ0v) is 10.9. The maximum atomic E-state index is 11.8. The second-order valence-corrected chi connectivity index (χ2v) is 5.60. The Bertz CT molecular complexity index is 442. The molecule has 0 aliphatic heterocycles. The molecule has 1 N–H and O–H groups in total. The molecule has 4 nitrogen and oxygen atoms in total. The Morgan fingerprint density at radius 2 is 2.11 bits per heavy atom. The number of nitrogens with zero attached hydrogens (tertiary/aromatic N) is 1. The fourth-order valence-electron chi connectivity index (χ4n) is 3.06. The second-order valence-electron chi connectivity index (χ2n) is 5.60. The number of nitrogens with one attached hydrogen (secondary N) is 1. The van der Waals surface area contributed by atoms with E-state index in [9.17, 15) is 4.79 Å². The number of aromatic amines is 1. The standard InChI is InChI=1S/C14H20N2O2/c1-18-13(17)14(7-8-14)12-15-9-11(16-12)10-5-3-2-4-6-10/h9-10H,2-8H2,1H3,(H,15,16). The number of carbonyl (C=O) groups excluding carboxylic acids is 1. The fraction of sp³-hybridized carbons (Fsp3) is 0.714. The Balaban J connectivity index is 1.79. The van der Waals surface area contributed by atoms with Crippen molar-refractivity contribution in [3.63, 3.8) is 0 Å². The van der Waals surface area contributed by atoms with Gasteiger partial charge in [-0.05, 0) is 25.7 Å². The first-order valence-electron chi connectivity index (χ1n) is 6.90. The molecule has 0 bridgehead atoms. The Kier molecular flexibility index (Phi) is 2.88. The summed E-state index contributed by atoms with van der Waals surface area (Å²) in [6, 6.07) is 0. The molecule has 4 heteroatoms. The molecule has 18 heavy (non-hydrogen) atoms. The summed E-state index contributed by atoms with van der Waals surface area (Å²) >= 11 is 0. The number of hydrogen-bond donors (Lipinski definition) is 1. The summed E-state index contributed by atoms with van der Waals surface area (Å²) in [5.74, 6) is 1.27. The van der Waals surface area contributed by atoms with Crippen LogP contribution >= 0.6 is 0 Å². The summed E-state index contributed by atoms with van der Waals surface area (Å²) in [6.45, 7) is 0. The minimum absolute atomic E-state index is 0.146. The molecule has 1 aromatic heterocycles. The van der Waals surface area contributed by atoms with Gasteiger partial charge in [-0.1, -0.05) is 19.3 Å². The van der Waals surface area contributed by atoms with Gasteiger partial charge in [0.1, 0.15) is 11.2 Å². The number of aromatic nitrogens is 2. The predicted molar refractivity (Wildman–Crippen MR) is 67.3 cm³/mol. The van der Waals surface area contributed by atoms with Crippen molar-refractivity contribution in [2.24, 2.45) is 0 Å². The van der Waals surface area contributed by atoms with E-state index >= 15 is 0 Å². The van der Waals surface area contributed by atoms with Crippen molar-refractivity contribution in [1.29, 1.82) is 0 Å². The highest BCUT2D eigenvalue weighted by atomic mass is 16.5. The van der Waals surface area contributed by atoms with Gasteiger partial charge in [0, 0.05) is 17.8 Å². The summed E-state index contributed by atoms with van der Waals surface area (Å²) in [5.41, 5.74) is 0.752. The maximum Gasteiger partial charge on any atom is 0.319 e. The number of esters is 1. The minimum Gasteiger partial charge on any atom is -0.468 e. The summed E-state index contributed by atoms with van der Waals surface area (Å²) in [6.07, 6.45) is 10.1. The van der Waals surface area contributed by atoms with Crippen LogP contribution in [0.5, 0.6) is 0 Å². The monoisotopic (exact) mass is 248 g/mol. The lowest BCUT2D eigenvalue weighted by Crippen LogP contribution is -2.23. The van der Waals surface area contributed by atoms with Crippen LogP contribution in [0.25, 0.3) is 0 Å². The Morgan fingerprint density at radius 1 is 1.39 bits per heavy atom. The minimum atomic E-state index is -0.457. The molecule has 0 saturated heterocycles. The highest BCUT2D eigenvalue weighted by molar-refractivity contribution is 5.85. The molecule has 1 heterocycles. The van der Waals surface area contributed by atoms with Crippen molar-refractivity contribution in [3.05, 3.63) is 17.7 Å². The highest BCUT2D eigenvalue weighted by Crippen LogP contribution is 2.48. The van der Waals surface area contributed by atoms with E-state index in [2.05, 4.69) is 9.97 Å². The molecular formula is C14H20N2O2. The van der Waals surface area contributed by atoms with Crippen LogP contribution in [-0.2, 0) is 14.9 Å². The lowest BCUT2D eigenvalue weighted by molar-refractivity contribution is -0.143. The maximum absolute atomic E-state index is 11.8. The summed E-state index contributed by atoms with van der Waals surface area (Å²) in [5, 5.41) is 0. The van der Waals surface area contributed by atoms with E-state index in [1.165, 1.54) is 44.9 Å². The van der Waals surface area contributed by atoms with Crippen molar-refractivity contribution >= 4 is 5.97 Å². The van der Waals surface area contributed by atoms with Crippen LogP contribution in [-0.4, -0.2) is 23.0 Å². The van der Waals surface area contributed by atoms with E-state index in [0.29, 0.717) is 5.92 Å². The molecule has 3 rings (SSSR count). The van der Waals surface area contributed by atoms with E-state index in [1.54, 1.807) is 0 Å². The first-order chi connectivity index (χ1) is 8.76. The average Bonchev–Trinajstić information content (AvgIpc) is 3.09. The van der Waals surface area contributed by atoms with Gasteiger partial charge in [-0.3, -0.25) is 4.79 Å². The van der Waals surface area contributed by atoms with E-state index in [1.807, 2.05) is 6.20 Å². The number of ether oxygens (including phenoxy) is 1. The van der Waals surface area contributed by atoms with Crippen LogP contribution in [0.15, 0.2) is 6.20 Å². The fourth-order valence-corrected chi connectivity index (χ4v) is 3.06. The van der Waals surface area contributed by atoms with Gasteiger partial charge in [0.2, 0.25) is 0 Å². The summed E-state index contributed by atoms with van der Waals surface area (Å²) in [4.78, 5) is 19.6. The normalized spacial score (nSPS) is 22.7. The van der Waals surface area contributed by atoms with E-state index < -0.39 is 5.41 Å². The second kappa shape index (κ2) is 4.41. The zero-order valence-electron chi connectivity index (χ0n) is 10.9. The molecule has 0 aromatic carbocycles. The number of carbonyl (C=O) groups is 1. The molecule has 0 spiro atoms. The van der Waals surface area contributed by atoms with Gasteiger partial charge in [0.15, 0.2) is 0 Å². The molecule has 1 aromatic rings. The average molecular weight is 248 g/mol. The molecule has 0 radical (unpaired) electrons. The van der Waals surface area contributed by atoms with Crippen molar-refractivity contribution < 1.29 is 9.53 Å². The van der Waals surface area contributed by atoms with Crippen LogP contribution < -0.4 is 0 Å². The molecule has 98 valence electrons. The van der Waals surface area contributed by atoms with E-state index in [4.69, 9.17) is 4.74 Å². The van der Waals surface area contributed by atoms with E-state index in [0.717, 1.165) is 18.7 Å². The highest BCUT2D eigenvalue weighted by Gasteiger charge is 2.55. The van der Waals surface area contributed by atoms with Gasteiger partial charge < -0.3 is 9.72 Å². The number of imidazole rings is 1. The van der Waals surface area contributed by atoms with Gasteiger partial charge in [-0.25, -0.2) is 4.98 Å². The van der Waals surface area contributed by atoms with Crippen LogP contribution in [0.3, 0.4) is 0 Å². The molecule has 0 amide bonds. The topological polar surface area (TPSA) is 55.0 Å². The first-order valence-corrected chi connectivity index (χ1v) is 6.90. The van der Waals surface area contributed by atoms with Gasteiger partial charge >= 0.3 is 5.97 Å². The SMILES string of the molecule is COC(=O)C1(c2ncc(C3CCCCC3)[nH]2)CC1. The van der Waals surface area contributed by atoms with E-state index in [-0.39, 0.29) is 5.97 Å². The van der Waals surface area contributed by atoms with Gasteiger partial charge in [0.05, 0.1) is 7.11 Å². The lowest BCUT2D eigenvalue weighted by Gasteiger charge is -2.20. The number of H-pyrrole nitrogens is 1. The van der Waals surface area contributed by atoms with Crippen molar-refractivity contribution in [3.8, 4) is 0 Å². The molecular weight excluding hydrogens is 228 g/mol. The lowest BCUT2D eigenvalue weighted by atomic mass is 9.87. The Hall–Kier alpha value is -1.32. The smallest absolute Gasteiger partial charge is 0.319 e. The van der Waals surface area contributed by atoms with Gasteiger partial charge in [-0.2, -0.15) is 0 Å². The van der Waals surface area contributed by atoms with Crippen LogP contribution in [0.4, 0.5) is 0 Å². The molecule has 2 fully saturated rings. The number of hydrogen-bond acceptors (Lipinski definition) is 3. The Morgan fingerprint density at radius 3 is 2.72 bits per heavy atom. The third kappa shape index (κ3) is 1.84. The third-order valence-electron chi connectivity index (χ3n) is 4.42. The number of rotatable bonds is 3. The number of methoxy groups -OCH3 is 1. The molecule has 2 aliphatic rings. The van der Waals surface area contributed by atoms with Crippen LogP contribution in [0.1, 0.15) is 62.4 Å². The van der Waals surface area contributed by atoms with Crippen molar-refractivity contribution in [2.45, 2.75) is 56.3 Å². The van der Waals surface area contributed by atoms with Crippen molar-refractivity contribution in [2.75, 3.05) is 7.11 Å². The van der Waals surface area contributed by atoms with Crippen molar-refractivity contribution in [1.82, 2.24) is 9.97 Å². The molecule has 2 saturated carbocycles. The Labute approximate surface area is 107 Å². The first kappa shape index (κ1) is 11.8. The van der Waals surface area contributed by atoms with Gasteiger partial charge in [-0.15, -0.1) is 0 Å². The third-order valence-corrected chi connectivity index (χ3v) is 4.42. The molecule has 2 aliphatic carbocycles. The quantitative estimate of drug-likeness (QED) is 0.837. The van der Waals surface area contributed by atoms with Crippen LogP contribution in [0.2, 0.25) is 0 Å². The summed E-state index contributed by atoms with van der Waals surface area (Å²) < 4.78 is 4.89. The largest absolute Gasteiger partial charge is 0.468 e.